The first-order valence-corrected chi connectivity index (χ1v) is 5.97. The Bertz CT molecular complexity index is 271. The molecule has 4 nitrogen and oxygen atoms in total. The summed E-state index contributed by atoms with van der Waals surface area (Å²) in [7, 11) is 0. The van der Waals surface area contributed by atoms with Crippen molar-refractivity contribution in [3.05, 3.63) is 0 Å². The van der Waals surface area contributed by atoms with E-state index in [0.717, 1.165) is 6.42 Å². The van der Waals surface area contributed by atoms with Crippen LogP contribution in [0.5, 0.6) is 0 Å². The summed E-state index contributed by atoms with van der Waals surface area (Å²) in [6.45, 7) is 1.85. The Hall–Kier alpha value is -0.920. The number of carboxylic acid groups (broad SMARTS) is 1. The number of amides is 1. The van der Waals surface area contributed by atoms with E-state index in [2.05, 4.69) is 5.32 Å². The number of halogens is 3. The maximum absolute atomic E-state index is 11.8. The number of aliphatic carboxylic acids is 1. The minimum atomic E-state index is -4.49. The number of hydrogen-bond acceptors (Lipinski definition) is 3. The fraction of sp³-hybridized carbons (Fsp3) is 0.778. The summed E-state index contributed by atoms with van der Waals surface area (Å²) in [5, 5.41) is 10.8. The molecular weight excluding hydrogens is 259 g/mol. The Balaban J connectivity index is 4.08. The summed E-state index contributed by atoms with van der Waals surface area (Å²) in [6.07, 6.45) is 1.55. The third kappa shape index (κ3) is 8.84. The van der Waals surface area contributed by atoms with Crippen LogP contribution in [0.2, 0.25) is 0 Å². The lowest BCUT2D eigenvalue weighted by atomic mass is 10.1. The van der Waals surface area contributed by atoms with Crippen LogP contribution in [0.1, 0.15) is 26.2 Å². The van der Waals surface area contributed by atoms with E-state index in [4.69, 9.17) is 5.11 Å². The molecule has 0 rings (SSSR count). The molecule has 0 aromatic rings. The third-order valence-corrected chi connectivity index (χ3v) is 2.58. The van der Waals surface area contributed by atoms with Gasteiger partial charge in [0, 0.05) is 0 Å². The molecule has 0 aromatic heterocycles. The van der Waals surface area contributed by atoms with Crippen molar-refractivity contribution in [3.8, 4) is 0 Å². The lowest BCUT2D eigenvalue weighted by Crippen LogP contribution is -2.41. The zero-order valence-electron chi connectivity index (χ0n) is 9.21. The van der Waals surface area contributed by atoms with Gasteiger partial charge in [-0.15, -0.1) is 0 Å². The van der Waals surface area contributed by atoms with Crippen LogP contribution in [-0.2, 0) is 9.59 Å². The number of rotatable bonds is 7. The van der Waals surface area contributed by atoms with Gasteiger partial charge in [0.1, 0.15) is 6.04 Å². The summed E-state index contributed by atoms with van der Waals surface area (Å²) in [4.78, 5) is 21.8. The zero-order chi connectivity index (χ0) is 13.5. The van der Waals surface area contributed by atoms with Gasteiger partial charge in [-0.2, -0.15) is 13.2 Å². The molecule has 1 amide bonds. The number of thioether (sulfide) groups is 1. The summed E-state index contributed by atoms with van der Waals surface area (Å²) in [6, 6.07) is -1.11. The molecule has 0 radical (unpaired) electrons. The number of unbranched alkanes of at least 4 members (excludes halogenated alkanes) is 1. The molecule has 17 heavy (non-hydrogen) atoms. The molecule has 0 bridgehead atoms. The van der Waals surface area contributed by atoms with Gasteiger partial charge in [-0.05, 0) is 18.2 Å². The largest absolute Gasteiger partial charge is 0.480 e. The molecule has 2 N–H and O–H groups in total. The molecule has 1 atom stereocenters. The zero-order valence-corrected chi connectivity index (χ0v) is 10.0. The lowest BCUT2D eigenvalue weighted by Gasteiger charge is -2.14. The highest BCUT2D eigenvalue weighted by Gasteiger charge is 2.30. The van der Waals surface area contributed by atoms with Crippen LogP contribution in [-0.4, -0.2) is 34.3 Å². The van der Waals surface area contributed by atoms with Crippen molar-refractivity contribution < 1.29 is 27.9 Å². The van der Waals surface area contributed by atoms with Crippen LogP contribution in [0.15, 0.2) is 0 Å². The molecular formula is C9H14F3NO3S. The smallest absolute Gasteiger partial charge is 0.442 e. The van der Waals surface area contributed by atoms with Crippen LogP contribution in [0.3, 0.4) is 0 Å². The first-order chi connectivity index (χ1) is 7.76. The second kappa shape index (κ2) is 7.41. The molecule has 0 aliphatic rings. The van der Waals surface area contributed by atoms with E-state index < -0.39 is 40.9 Å². The number of carbonyl (C=O) groups is 2. The van der Waals surface area contributed by atoms with Crippen LogP contribution in [0, 0.1) is 0 Å². The van der Waals surface area contributed by atoms with E-state index in [1.807, 2.05) is 6.92 Å². The Morgan fingerprint density at radius 3 is 2.41 bits per heavy atom. The Morgan fingerprint density at radius 1 is 1.41 bits per heavy atom. The van der Waals surface area contributed by atoms with E-state index in [1.165, 1.54) is 0 Å². The van der Waals surface area contributed by atoms with Crippen molar-refractivity contribution in [2.75, 3.05) is 5.75 Å². The molecule has 0 fully saturated rings. The number of nitrogens with one attached hydrogen (secondary N) is 1. The number of hydrogen-bond donors (Lipinski definition) is 2. The molecule has 0 saturated heterocycles. The first kappa shape index (κ1) is 16.1. The number of carbonyl (C=O) groups excluding carboxylic acids is 1. The molecule has 0 spiro atoms. The molecule has 0 heterocycles. The average Bonchev–Trinajstić information content (AvgIpc) is 2.19. The van der Waals surface area contributed by atoms with Crippen molar-refractivity contribution >= 4 is 23.6 Å². The fourth-order valence-electron chi connectivity index (χ4n) is 1.05. The monoisotopic (exact) mass is 273 g/mol. The van der Waals surface area contributed by atoms with Gasteiger partial charge in [0.15, 0.2) is 0 Å². The maximum Gasteiger partial charge on any atom is 0.442 e. The summed E-state index contributed by atoms with van der Waals surface area (Å²) in [5.74, 6) is -2.97. The van der Waals surface area contributed by atoms with Crippen LogP contribution in [0.4, 0.5) is 13.2 Å². The van der Waals surface area contributed by atoms with Crippen molar-refractivity contribution in [1.82, 2.24) is 5.32 Å². The van der Waals surface area contributed by atoms with Gasteiger partial charge in [0.05, 0.1) is 5.75 Å². The number of carboxylic acids is 1. The predicted molar refractivity (Wildman–Crippen MR) is 57.6 cm³/mol. The van der Waals surface area contributed by atoms with E-state index in [-0.39, 0.29) is 6.42 Å². The Kier molecular flexibility index (Phi) is 7.01. The predicted octanol–water partition coefficient (Wildman–Crippen LogP) is 2.00. The normalized spacial score (nSPS) is 13.2. The second-order valence-electron chi connectivity index (χ2n) is 3.33. The van der Waals surface area contributed by atoms with Crippen LogP contribution in [0.25, 0.3) is 0 Å². The van der Waals surface area contributed by atoms with Gasteiger partial charge in [0.2, 0.25) is 5.91 Å². The second-order valence-corrected chi connectivity index (χ2v) is 4.38. The molecule has 0 aliphatic carbocycles. The highest BCUT2D eigenvalue weighted by Crippen LogP contribution is 2.29. The quantitative estimate of drug-likeness (QED) is 0.744. The van der Waals surface area contributed by atoms with E-state index in [9.17, 15) is 22.8 Å². The average molecular weight is 273 g/mol. The van der Waals surface area contributed by atoms with E-state index >= 15 is 0 Å². The molecule has 1 unspecified atom stereocenters. The van der Waals surface area contributed by atoms with Crippen molar-refractivity contribution in [2.24, 2.45) is 0 Å². The minimum absolute atomic E-state index is 0.217. The Labute approximate surface area is 101 Å². The first-order valence-electron chi connectivity index (χ1n) is 4.99. The van der Waals surface area contributed by atoms with Gasteiger partial charge in [-0.3, -0.25) is 4.79 Å². The Morgan fingerprint density at radius 2 is 2.00 bits per heavy atom. The lowest BCUT2D eigenvalue weighted by molar-refractivity contribution is -0.141. The molecule has 8 heteroatoms. The SMILES string of the molecule is CCCCC(NC(=O)CSC(F)(F)F)C(=O)O. The van der Waals surface area contributed by atoms with Crippen molar-refractivity contribution in [2.45, 2.75) is 37.7 Å². The highest BCUT2D eigenvalue weighted by molar-refractivity contribution is 8.00. The molecule has 0 aromatic carbocycles. The van der Waals surface area contributed by atoms with Crippen LogP contribution < -0.4 is 5.32 Å². The van der Waals surface area contributed by atoms with Crippen molar-refractivity contribution in [1.29, 1.82) is 0 Å². The van der Waals surface area contributed by atoms with Gasteiger partial charge < -0.3 is 10.4 Å². The number of alkyl halides is 3. The van der Waals surface area contributed by atoms with Gasteiger partial charge in [-0.25, -0.2) is 4.79 Å². The standard InChI is InChI=1S/C9H14F3NO3S/c1-2-3-4-6(8(15)16)13-7(14)5-17-9(10,11)12/h6H,2-5H2,1H3,(H,13,14)(H,15,16). The van der Waals surface area contributed by atoms with Crippen molar-refractivity contribution in [3.63, 3.8) is 0 Å². The topological polar surface area (TPSA) is 66.4 Å². The summed E-state index contributed by atoms with van der Waals surface area (Å²) < 4.78 is 35.3. The molecule has 0 saturated carbocycles. The summed E-state index contributed by atoms with van der Waals surface area (Å²) in [5.41, 5.74) is -4.49. The maximum atomic E-state index is 11.8. The van der Waals surface area contributed by atoms with Gasteiger partial charge >= 0.3 is 11.5 Å². The third-order valence-electron chi connectivity index (χ3n) is 1.85. The van der Waals surface area contributed by atoms with Gasteiger partial charge in [-0.1, -0.05) is 19.8 Å². The molecule has 0 aliphatic heterocycles. The minimum Gasteiger partial charge on any atom is -0.480 e. The van der Waals surface area contributed by atoms with E-state index in [0.29, 0.717) is 6.42 Å². The van der Waals surface area contributed by atoms with Gasteiger partial charge in [0.25, 0.3) is 0 Å². The van der Waals surface area contributed by atoms with Crippen LogP contribution >= 0.6 is 11.8 Å². The van der Waals surface area contributed by atoms with E-state index in [1.54, 1.807) is 0 Å². The summed E-state index contributed by atoms with van der Waals surface area (Å²) >= 11 is -0.486. The fourth-order valence-corrected chi connectivity index (χ4v) is 1.43. The highest BCUT2D eigenvalue weighted by atomic mass is 32.2. The molecule has 100 valence electrons.